The third-order valence-electron chi connectivity index (χ3n) is 4.73. The number of amides is 2. The molecule has 1 heterocycles. The number of carbonyl (C=O) groups is 2. The number of hydrogen-bond acceptors (Lipinski definition) is 3. The predicted molar refractivity (Wildman–Crippen MR) is 104 cm³/mol. The number of benzene rings is 2. The van der Waals surface area contributed by atoms with Gasteiger partial charge in [-0.2, -0.15) is 0 Å². The van der Waals surface area contributed by atoms with Crippen LogP contribution in [0.25, 0.3) is 0 Å². The van der Waals surface area contributed by atoms with E-state index >= 15 is 0 Å². The summed E-state index contributed by atoms with van der Waals surface area (Å²) in [6, 6.07) is 14.4. The van der Waals surface area contributed by atoms with Crippen molar-refractivity contribution >= 4 is 17.5 Å². The Morgan fingerprint density at radius 1 is 1.08 bits per heavy atom. The molecule has 1 unspecified atom stereocenters. The molecule has 26 heavy (non-hydrogen) atoms. The Balaban J connectivity index is 1.64. The first kappa shape index (κ1) is 18.1. The second-order valence-electron chi connectivity index (χ2n) is 6.77. The van der Waals surface area contributed by atoms with Crippen LogP contribution in [-0.4, -0.2) is 31.4 Å². The molecule has 1 saturated heterocycles. The summed E-state index contributed by atoms with van der Waals surface area (Å²) in [4.78, 5) is 24.8. The van der Waals surface area contributed by atoms with E-state index < -0.39 is 0 Å². The van der Waals surface area contributed by atoms with Gasteiger partial charge in [0.25, 0.3) is 11.8 Å². The minimum atomic E-state index is -0.181. The van der Waals surface area contributed by atoms with Gasteiger partial charge < -0.3 is 16.0 Å². The van der Waals surface area contributed by atoms with Gasteiger partial charge >= 0.3 is 0 Å². The van der Waals surface area contributed by atoms with Crippen LogP contribution in [0.4, 0.5) is 5.69 Å². The molecule has 2 amide bonds. The highest BCUT2D eigenvalue weighted by molar-refractivity contribution is 6.05. The predicted octanol–water partition coefficient (Wildman–Crippen LogP) is 2.98. The molecule has 0 radical (unpaired) electrons. The number of anilines is 1. The van der Waals surface area contributed by atoms with E-state index in [1.807, 2.05) is 31.2 Å². The van der Waals surface area contributed by atoms with Gasteiger partial charge in [-0.1, -0.05) is 24.3 Å². The number of aryl methyl sites for hydroxylation is 1. The molecule has 1 aliphatic rings. The van der Waals surface area contributed by atoms with Gasteiger partial charge in [0.2, 0.25) is 0 Å². The second kappa shape index (κ2) is 8.63. The topological polar surface area (TPSA) is 70.2 Å². The maximum Gasteiger partial charge on any atom is 0.255 e. The average Bonchev–Trinajstić information content (AvgIpc) is 2.69. The highest BCUT2D eigenvalue weighted by atomic mass is 16.2. The van der Waals surface area contributed by atoms with Gasteiger partial charge in [-0.15, -0.1) is 0 Å². The van der Waals surface area contributed by atoms with E-state index in [0.717, 1.165) is 31.5 Å². The third-order valence-corrected chi connectivity index (χ3v) is 4.73. The highest BCUT2D eigenvalue weighted by Gasteiger charge is 2.15. The summed E-state index contributed by atoms with van der Waals surface area (Å²) in [7, 11) is 0. The summed E-state index contributed by atoms with van der Waals surface area (Å²) in [5, 5.41) is 9.26. The Morgan fingerprint density at radius 2 is 1.88 bits per heavy atom. The van der Waals surface area contributed by atoms with E-state index in [1.165, 1.54) is 0 Å². The molecule has 0 saturated carbocycles. The van der Waals surface area contributed by atoms with Crippen LogP contribution in [0.1, 0.15) is 39.1 Å². The molecule has 1 aliphatic heterocycles. The van der Waals surface area contributed by atoms with Gasteiger partial charge in [0, 0.05) is 23.4 Å². The first-order valence-electron chi connectivity index (χ1n) is 9.09. The first-order chi connectivity index (χ1) is 12.6. The molecular formula is C21H25N3O2. The lowest BCUT2D eigenvalue weighted by molar-refractivity contribution is 0.0943. The minimum Gasteiger partial charge on any atom is -0.352 e. The Bertz CT molecular complexity index is 768. The van der Waals surface area contributed by atoms with Crippen LogP contribution >= 0.6 is 0 Å². The van der Waals surface area contributed by atoms with Crippen LogP contribution in [0.2, 0.25) is 0 Å². The van der Waals surface area contributed by atoms with Gasteiger partial charge in [0.1, 0.15) is 0 Å². The SMILES string of the molecule is Cc1ccc(C(=O)NCC2CCCNC2)cc1NC(=O)c1ccccc1. The molecule has 3 rings (SSSR count). The summed E-state index contributed by atoms with van der Waals surface area (Å²) in [5.74, 6) is 0.195. The van der Waals surface area contributed by atoms with Gasteiger partial charge in [0.05, 0.1) is 0 Å². The standard InChI is InChI=1S/C21H25N3O2/c1-15-9-10-18(20(25)23-14-16-6-5-11-22-13-16)12-19(15)24-21(26)17-7-3-2-4-8-17/h2-4,7-10,12,16,22H,5-6,11,13-14H2,1H3,(H,23,25)(H,24,26). The number of carbonyl (C=O) groups excluding carboxylic acids is 2. The lowest BCUT2D eigenvalue weighted by Crippen LogP contribution is -2.38. The minimum absolute atomic E-state index is 0.106. The van der Waals surface area contributed by atoms with Crippen molar-refractivity contribution < 1.29 is 9.59 Å². The molecule has 0 aliphatic carbocycles. The smallest absolute Gasteiger partial charge is 0.255 e. The molecule has 3 N–H and O–H groups in total. The fourth-order valence-electron chi connectivity index (χ4n) is 3.12. The molecule has 5 nitrogen and oxygen atoms in total. The summed E-state index contributed by atoms with van der Waals surface area (Å²) < 4.78 is 0. The number of nitrogens with one attached hydrogen (secondary N) is 3. The molecule has 0 bridgehead atoms. The van der Waals surface area contributed by atoms with Crippen LogP contribution in [0.3, 0.4) is 0 Å². The van der Waals surface area contributed by atoms with E-state index in [4.69, 9.17) is 0 Å². The van der Waals surface area contributed by atoms with Crippen molar-refractivity contribution in [1.29, 1.82) is 0 Å². The van der Waals surface area contributed by atoms with Crippen molar-refractivity contribution in [3.8, 4) is 0 Å². The fourth-order valence-corrected chi connectivity index (χ4v) is 3.12. The molecule has 136 valence electrons. The van der Waals surface area contributed by atoms with Crippen LogP contribution in [0, 0.1) is 12.8 Å². The van der Waals surface area contributed by atoms with Crippen molar-refractivity contribution in [2.75, 3.05) is 25.0 Å². The van der Waals surface area contributed by atoms with Crippen molar-refractivity contribution in [3.63, 3.8) is 0 Å². The van der Waals surface area contributed by atoms with Gasteiger partial charge in [-0.05, 0) is 68.6 Å². The Hall–Kier alpha value is -2.66. The van der Waals surface area contributed by atoms with E-state index in [0.29, 0.717) is 29.3 Å². The van der Waals surface area contributed by atoms with Crippen molar-refractivity contribution in [1.82, 2.24) is 10.6 Å². The number of piperidine rings is 1. The highest BCUT2D eigenvalue weighted by Crippen LogP contribution is 2.18. The van der Waals surface area contributed by atoms with Crippen molar-refractivity contribution in [2.45, 2.75) is 19.8 Å². The van der Waals surface area contributed by atoms with Crippen LogP contribution < -0.4 is 16.0 Å². The zero-order valence-corrected chi connectivity index (χ0v) is 15.0. The molecule has 0 spiro atoms. The quantitative estimate of drug-likeness (QED) is 0.776. The molecule has 5 heteroatoms. The second-order valence-corrected chi connectivity index (χ2v) is 6.77. The fraction of sp³-hybridized carbons (Fsp3) is 0.333. The van der Waals surface area contributed by atoms with E-state index in [-0.39, 0.29) is 11.8 Å². The normalized spacial score (nSPS) is 16.7. The lowest BCUT2D eigenvalue weighted by atomic mass is 9.99. The largest absolute Gasteiger partial charge is 0.352 e. The lowest BCUT2D eigenvalue weighted by Gasteiger charge is -2.23. The van der Waals surface area contributed by atoms with Crippen molar-refractivity contribution in [2.24, 2.45) is 5.92 Å². The zero-order valence-electron chi connectivity index (χ0n) is 15.0. The monoisotopic (exact) mass is 351 g/mol. The number of rotatable bonds is 5. The van der Waals surface area contributed by atoms with Crippen LogP contribution in [-0.2, 0) is 0 Å². The van der Waals surface area contributed by atoms with E-state index in [9.17, 15) is 9.59 Å². The summed E-state index contributed by atoms with van der Waals surface area (Å²) in [6.07, 6.45) is 2.29. The van der Waals surface area contributed by atoms with E-state index in [1.54, 1.807) is 24.3 Å². The Morgan fingerprint density at radius 3 is 2.62 bits per heavy atom. The van der Waals surface area contributed by atoms with Crippen LogP contribution in [0.15, 0.2) is 48.5 Å². The zero-order chi connectivity index (χ0) is 18.4. The maximum absolute atomic E-state index is 12.5. The summed E-state index contributed by atoms with van der Waals surface area (Å²) in [6.45, 7) is 4.60. The summed E-state index contributed by atoms with van der Waals surface area (Å²) in [5.41, 5.74) is 2.72. The van der Waals surface area contributed by atoms with Gasteiger partial charge in [0.15, 0.2) is 0 Å². The van der Waals surface area contributed by atoms with Crippen molar-refractivity contribution in [3.05, 3.63) is 65.2 Å². The van der Waals surface area contributed by atoms with Gasteiger partial charge in [-0.3, -0.25) is 9.59 Å². The molecule has 1 atom stereocenters. The molecular weight excluding hydrogens is 326 g/mol. The molecule has 0 aromatic heterocycles. The molecule has 2 aromatic carbocycles. The Labute approximate surface area is 154 Å². The first-order valence-corrected chi connectivity index (χ1v) is 9.09. The van der Waals surface area contributed by atoms with Gasteiger partial charge in [-0.25, -0.2) is 0 Å². The van der Waals surface area contributed by atoms with E-state index in [2.05, 4.69) is 16.0 Å². The number of hydrogen-bond donors (Lipinski definition) is 3. The molecule has 2 aromatic rings. The maximum atomic E-state index is 12.5. The molecule has 1 fully saturated rings. The Kier molecular flexibility index (Phi) is 6.02. The third kappa shape index (κ3) is 4.70. The average molecular weight is 351 g/mol. The van der Waals surface area contributed by atoms with Crippen LogP contribution in [0.5, 0.6) is 0 Å². The summed E-state index contributed by atoms with van der Waals surface area (Å²) >= 11 is 0.